The summed E-state index contributed by atoms with van der Waals surface area (Å²) in [6.45, 7) is 7.97. The Morgan fingerprint density at radius 2 is 1.50 bits per heavy atom. The minimum Gasteiger partial charge on any atom is -0.482 e. The van der Waals surface area contributed by atoms with Crippen LogP contribution in [0, 0.1) is 0 Å². The van der Waals surface area contributed by atoms with Crippen LogP contribution < -0.4 is 9.47 Å². The summed E-state index contributed by atoms with van der Waals surface area (Å²) in [5.41, 5.74) is 0.497. The molecule has 1 saturated carbocycles. The van der Waals surface area contributed by atoms with Crippen molar-refractivity contribution in [3.8, 4) is 11.5 Å². The number of carbonyl (C=O) groups is 1. The molecule has 2 aromatic rings. The van der Waals surface area contributed by atoms with Gasteiger partial charge in [0, 0.05) is 16.5 Å². The number of hydrogen-bond acceptors (Lipinski definition) is 3. The van der Waals surface area contributed by atoms with Crippen molar-refractivity contribution in [1.29, 1.82) is 0 Å². The molecule has 4 nitrogen and oxygen atoms in total. The summed E-state index contributed by atoms with van der Waals surface area (Å²) in [6, 6.07) is 15.8. The molecule has 28 heavy (non-hydrogen) atoms. The van der Waals surface area contributed by atoms with Gasteiger partial charge in [-0.25, -0.2) is 4.79 Å². The minimum absolute atomic E-state index is 0.107. The van der Waals surface area contributed by atoms with E-state index in [4.69, 9.17) is 9.47 Å². The Balaban J connectivity index is 1.65. The number of carboxylic acid groups (broad SMARTS) is 1. The summed E-state index contributed by atoms with van der Waals surface area (Å²) < 4.78 is 12.4. The van der Waals surface area contributed by atoms with Gasteiger partial charge < -0.3 is 14.6 Å². The van der Waals surface area contributed by atoms with Crippen LogP contribution in [0.4, 0.5) is 0 Å². The molecule has 0 spiro atoms. The highest BCUT2D eigenvalue weighted by Gasteiger charge is 2.66. The predicted octanol–water partition coefficient (Wildman–Crippen LogP) is 4.62. The van der Waals surface area contributed by atoms with E-state index in [9.17, 15) is 9.90 Å². The lowest BCUT2D eigenvalue weighted by atomic mass is 9.52. The van der Waals surface area contributed by atoms with Crippen LogP contribution in [0.3, 0.4) is 0 Å². The molecule has 0 saturated heterocycles. The van der Waals surface area contributed by atoms with Gasteiger partial charge in [0.05, 0.1) is 5.41 Å². The number of benzene rings is 2. The highest BCUT2D eigenvalue weighted by molar-refractivity contribution is 5.83. The van der Waals surface area contributed by atoms with Gasteiger partial charge in [0.2, 0.25) is 5.60 Å². The first kappa shape index (κ1) is 17.4. The minimum atomic E-state index is -1.38. The van der Waals surface area contributed by atoms with Gasteiger partial charge in [-0.05, 0) is 44.9 Å². The van der Waals surface area contributed by atoms with Gasteiger partial charge in [0.15, 0.2) is 0 Å². The third-order valence-corrected chi connectivity index (χ3v) is 7.63. The maximum atomic E-state index is 12.3. The van der Waals surface area contributed by atoms with Crippen molar-refractivity contribution in [1.82, 2.24) is 0 Å². The van der Waals surface area contributed by atoms with Crippen LogP contribution in [0.1, 0.15) is 45.2 Å². The first-order chi connectivity index (χ1) is 13.2. The van der Waals surface area contributed by atoms with E-state index in [1.165, 1.54) is 5.56 Å². The Morgan fingerprint density at radius 3 is 2.14 bits per heavy atom. The summed E-state index contributed by atoms with van der Waals surface area (Å²) in [7, 11) is 0. The van der Waals surface area contributed by atoms with E-state index in [1.54, 1.807) is 6.92 Å². The molecule has 2 aliphatic heterocycles. The third kappa shape index (κ3) is 1.74. The van der Waals surface area contributed by atoms with Crippen molar-refractivity contribution in [2.24, 2.45) is 0 Å². The van der Waals surface area contributed by atoms with E-state index in [0.29, 0.717) is 5.75 Å². The number of para-hydroxylation sites is 2. The fourth-order valence-electron chi connectivity index (χ4n) is 5.31. The Hall–Kier alpha value is -2.75. The molecule has 0 unspecified atom stereocenters. The van der Waals surface area contributed by atoms with Crippen molar-refractivity contribution in [3.63, 3.8) is 0 Å². The third-order valence-electron chi connectivity index (χ3n) is 7.63. The van der Waals surface area contributed by atoms with Crippen LogP contribution in [0.15, 0.2) is 60.2 Å². The second-order valence-electron chi connectivity index (χ2n) is 8.95. The first-order valence-electron chi connectivity index (χ1n) is 9.68. The zero-order valence-corrected chi connectivity index (χ0v) is 16.6. The van der Waals surface area contributed by atoms with Crippen molar-refractivity contribution in [2.75, 3.05) is 0 Å². The highest BCUT2D eigenvalue weighted by Crippen LogP contribution is 2.65. The molecule has 0 bridgehead atoms. The summed E-state index contributed by atoms with van der Waals surface area (Å²) in [5.74, 6) is 0.589. The van der Waals surface area contributed by atoms with E-state index in [1.807, 2.05) is 49.4 Å². The van der Waals surface area contributed by atoms with Crippen molar-refractivity contribution in [3.05, 3.63) is 71.3 Å². The number of rotatable bonds is 2. The van der Waals surface area contributed by atoms with E-state index >= 15 is 0 Å². The lowest BCUT2D eigenvalue weighted by Crippen LogP contribution is -2.60. The fraction of sp³-hybridized carbons (Fsp3) is 0.375. The second-order valence-corrected chi connectivity index (χ2v) is 8.95. The number of ether oxygens (including phenoxy) is 2. The van der Waals surface area contributed by atoms with E-state index in [0.717, 1.165) is 23.3 Å². The number of hydrogen-bond donors (Lipinski definition) is 1. The Bertz CT molecular complexity index is 1060. The fourth-order valence-corrected chi connectivity index (χ4v) is 5.31. The largest absolute Gasteiger partial charge is 0.482 e. The monoisotopic (exact) mass is 376 g/mol. The normalized spacial score (nSPS) is 38.6. The van der Waals surface area contributed by atoms with Crippen LogP contribution in [0.2, 0.25) is 0 Å². The maximum absolute atomic E-state index is 12.3. The van der Waals surface area contributed by atoms with Gasteiger partial charge >= 0.3 is 5.97 Å². The summed E-state index contributed by atoms with van der Waals surface area (Å²) in [4.78, 5) is 12.3. The average molecular weight is 376 g/mol. The molecule has 3 aliphatic rings. The van der Waals surface area contributed by atoms with Crippen LogP contribution >= 0.6 is 0 Å². The van der Waals surface area contributed by atoms with Crippen molar-refractivity contribution < 1.29 is 19.4 Å². The highest BCUT2D eigenvalue weighted by atomic mass is 16.5. The molecule has 5 rings (SSSR count). The lowest BCUT2D eigenvalue weighted by Gasteiger charge is -2.53. The zero-order valence-electron chi connectivity index (χ0n) is 16.6. The Labute approximate surface area is 164 Å². The molecule has 0 radical (unpaired) electrons. The maximum Gasteiger partial charge on any atom is 0.349 e. The molecular formula is C24H24O4. The molecule has 0 aromatic heterocycles. The number of carboxylic acids is 1. The second kappa shape index (κ2) is 4.99. The standard InChI is InChI=1S/C24H24O4/c1-21-13-15(23(21,3)27-18-11-7-5-9-16(18)21)14-22(2)17-10-6-8-12-19(17)28-24(22,4)20(25)26/h5-12,14H,13H2,1-4H3,(H,25,26)/b15-14+/t21-,22+,23-,24+/m1/s1. The molecule has 2 aromatic carbocycles. The molecule has 2 heterocycles. The predicted molar refractivity (Wildman–Crippen MR) is 106 cm³/mol. The van der Waals surface area contributed by atoms with Crippen LogP contribution in [-0.2, 0) is 15.6 Å². The smallest absolute Gasteiger partial charge is 0.349 e. The van der Waals surface area contributed by atoms with Crippen molar-refractivity contribution in [2.45, 2.75) is 56.1 Å². The Morgan fingerprint density at radius 1 is 0.929 bits per heavy atom. The van der Waals surface area contributed by atoms with Crippen LogP contribution in [-0.4, -0.2) is 22.3 Å². The molecule has 4 atom stereocenters. The molecule has 1 aliphatic carbocycles. The molecule has 144 valence electrons. The van der Waals surface area contributed by atoms with E-state index < -0.39 is 22.6 Å². The van der Waals surface area contributed by atoms with Crippen molar-refractivity contribution >= 4 is 5.97 Å². The summed E-state index contributed by atoms with van der Waals surface area (Å²) in [6.07, 6.45) is 2.94. The first-order valence-corrected chi connectivity index (χ1v) is 9.68. The zero-order chi connectivity index (χ0) is 19.9. The van der Waals surface area contributed by atoms with Gasteiger partial charge in [-0.3, -0.25) is 0 Å². The Kier molecular flexibility index (Phi) is 3.09. The summed E-state index contributed by atoms with van der Waals surface area (Å²) >= 11 is 0. The van der Waals surface area contributed by atoms with Gasteiger partial charge in [0.1, 0.15) is 17.1 Å². The van der Waals surface area contributed by atoms with Crippen LogP contribution in [0.25, 0.3) is 0 Å². The SMILES string of the molecule is C[C@@]1(C(=O)O)Oc2ccccc2[C@]1(C)/C=C1\C[C@]2(C)c3ccccc3O[C@]12C. The van der Waals surface area contributed by atoms with E-state index in [2.05, 4.69) is 26.0 Å². The molecule has 0 amide bonds. The van der Waals surface area contributed by atoms with E-state index in [-0.39, 0.29) is 5.41 Å². The van der Waals surface area contributed by atoms with Gasteiger partial charge in [0.25, 0.3) is 0 Å². The lowest BCUT2D eigenvalue weighted by molar-refractivity contribution is -0.156. The molecular weight excluding hydrogens is 352 g/mol. The summed E-state index contributed by atoms with van der Waals surface area (Å²) in [5, 5.41) is 10.0. The topological polar surface area (TPSA) is 55.8 Å². The average Bonchev–Trinajstić information content (AvgIpc) is 2.99. The van der Waals surface area contributed by atoms with Gasteiger partial charge in [-0.2, -0.15) is 0 Å². The molecule has 1 fully saturated rings. The molecule has 1 N–H and O–H groups in total. The molecule has 4 heteroatoms. The number of aliphatic carboxylic acids is 1. The quantitative estimate of drug-likeness (QED) is 0.777. The van der Waals surface area contributed by atoms with Gasteiger partial charge in [-0.1, -0.05) is 49.4 Å². The van der Waals surface area contributed by atoms with Gasteiger partial charge in [-0.15, -0.1) is 0 Å². The number of fused-ring (bicyclic) bond motifs is 4. The van der Waals surface area contributed by atoms with Crippen LogP contribution in [0.5, 0.6) is 11.5 Å².